The second-order valence-corrected chi connectivity index (χ2v) is 8.04. The first-order valence-electron chi connectivity index (χ1n) is 11.0. The van der Waals surface area contributed by atoms with Gasteiger partial charge in [-0.2, -0.15) is 0 Å². The van der Waals surface area contributed by atoms with Gasteiger partial charge in [-0.1, -0.05) is 42.5 Å². The average molecular weight is 431 g/mol. The first-order valence-corrected chi connectivity index (χ1v) is 11.0. The highest BCUT2D eigenvalue weighted by atomic mass is 16.5. The van der Waals surface area contributed by atoms with Crippen LogP contribution < -0.4 is 15.1 Å². The Labute approximate surface area is 189 Å². The van der Waals surface area contributed by atoms with Crippen molar-refractivity contribution in [3.63, 3.8) is 0 Å². The maximum absolute atomic E-state index is 13.3. The van der Waals surface area contributed by atoms with Crippen molar-refractivity contribution in [1.29, 1.82) is 0 Å². The number of anilines is 2. The van der Waals surface area contributed by atoms with E-state index in [4.69, 9.17) is 4.74 Å². The highest BCUT2D eigenvalue weighted by molar-refractivity contribution is 6.10. The van der Waals surface area contributed by atoms with Crippen LogP contribution in [0.5, 0.6) is 0 Å². The third-order valence-corrected chi connectivity index (χ3v) is 5.85. The fourth-order valence-corrected chi connectivity index (χ4v) is 4.05. The van der Waals surface area contributed by atoms with Gasteiger partial charge in [0, 0.05) is 38.2 Å². The Morgan fingerprint density at radius 2 is 1.94 bits per heavy atom. The van der Waals surface area contributed by atoms with Crippen LogP contribution in [0.25, 0.3) is 0 Å². The molecule has 6 heteroatoms. The number of nitrogens with one attached hydrogen (secondary N) is 1. The van der Waals surface area contributed by atoms with E-state index in [0.29, 0.717) is 18.7 Å². The Kier molecular flexibility index (Phi) is 7.14. The van der Waals surface area contributed by atoms with Crippen molar-refractivity contribution in [3.8, 4) is 0 Å². The third kappa shape index (κ3) is 4.98. The van der Waals surface area contributed by atoms with Crippen LogP contribution >= 0.6 is 0 Å². The molecule has 4 rings (SSSR count). The van der Waals surface area contributed by atoms with Gasteiger partial charge in [0.25, 0.3) is 5.91 Å². The number of amides is 1. The van der Waals surface area contributed by atoms with Gasteiger partial charge in [-0.05, 0) is 49.3 Å². The lowest BCUT2D eigenvalue weighted by molar-refractivity contribution is 0.0344. The minimum atomic E-state index is -0.0216. The lowest BCUT2D eigenvalue weighted by Gasteiger charge is -2.22. The Balaban J connectivity index is 1.51. The molecule has 1 aliphatic heterocycles. The molecule has 3 aromatic rings. The Hall–Kier alpha value is -3.22. The molecule has 1 unspecified atom stereocenters. The Bertz CT molecular complexity index is 1040. The summed E-state index contributed by atoms with van der Waals surface area (Å²) < 4.78 is 6.32. The van der Waals surface area contributed by atoms with E-state index < -0.39 is 0 Å². The molecule has 0 fully saturated rings. The van der Waals surface area contributed by atoms with Gasteiger partial charge < -0.3 is 19.9 Å². The molecule has 166 valence electrons. The number of hydrogen-bond donors (Lipinski definition) is 1. The minimum absolute atomic E-state index is 0.0127. The number of hydrogen-bond acceptors (Lipinski definition) is 5. The van der Waals surface area contributed by atoms with Gasteiger partial charge in [0.1, 0.15) is 0 Å². The standard InChI is InChI=1S/C26H30N4O2/c1-27-13-12-25(21-8-4-3-5-9-21)32-19-20-7-6-10-22(17-20)30-16-15-29(2)24-11-14-28-18-23(24)26(30)31/h3-11,14,17-18,25,27H,12-13,15-16,19H2,1-2H3. The van der Waals surface area contributed by atoms with E-state index in [2.05, 4.69) is 33.4 Å². The third-order valence-electron chi connectivity index (χ3n) is 5.85. The van der Waals surface area contributed by atoms with Crippen LogP contribution in [0.15, 0.2) is 73.1 Å². The molecule has 32 heavy (non-hydrogen) atoms. The second kappa shape index (κ2) is 10.4. The van der Waals surface area contributed by atoms with Crippen molar-refractivity contribution in [2.45, 2.75) is 19.1 Å². The Morgan fingerprint density at radius 1 is 1.09 bits per heavy atom. The van der Waals surface area contributed by atoms with Crippen molar-refractivity contribution in [2.75, 3.05) is 43.5 Å². The summed E-state index contributed by atoms with van der Waals surface area (Å²) in [6.07, 6.45) is 4.29. The number of carbonyl (C=O) groups is 1. The van der Waals surface area contributed by atoms with Gasteiger partial charge in [-0.15, -0.1) is 0 Å². The van der Waals surface area contributed by atoms with Gasteiger partial charge in [0.05, 0.1) is 24.0 Å². The molecule has 2 aromatic carbocycles. The summed E-state index contributed by atoms with van der Waals surface area (Å²) in [7, 11) is 3.96. The number of ether oxygens (including phenoxy) is 1. The largest absolute Gasteiger partial charge is 0.372 e. The maximum atomic E-state index is 13.3. The molecule has 0 aliphatic carbocycles. The van der Waals surface area contributed by atoms with Gasteiger partial charge in [0.15, 0.2) is 0 Å². The normalized spacial score (nSPS) is 14.8. The summed E-state index contributed by atoms with van der Waals surface area (Å²) in [6, 6.07) is 20.3. The number of likely N-dealkylation sites (N-methyl/N-ethyl adjacent to an activating group) is 1. The van der Waals surface area contributed by atoms with Gasteiger partial charge >= 0.3 is 0 Å². The quantitative estimate of drug-likeness (QED) is 0.584. The van der Waals surface area contributed by atoms with E-state index in [-0.39, 0.29) is 12.0 Å². The molecule has 1 aliphatic rings. The van der Waals surface area contributed by atoms with E-state index in [1.165, 1.54) is 5.56 Å². The van der Waals surface area contributed by atoms with Crippen LogP contribution in [0.3, 0.4) is 0 Å². The van der Waals surface area contributed by atoms with Gasteiger partial charge in [-0.3, -0.25) is 9.78 Å². The predicted octanol–water partition coefficient (Wildman–Crippen LogP) is 4.05. The number of benzene rings is 2. The van der Waals surface area contributed by atoms with Crippen LogP contribution in [0.2, 0.25) is 0 Å². The zero-order valence-corrected chi connectivity index (χ0v) is 18.7. The lowest BCUT2D eigenvalue weighted by atomic mass is 10.1. The molecule has 1 atom stereocenters. The monoisotopic (exact) mass is 430 g/mol. The number of aromatic nitrogens is 1. The molecule has 2 heterocycles. The van der Waals surface area contributed by atoms with Crippen molar-refractivity contribution in [2.24, 2.45) is 0 Å². The lowest BCUT2D eigenvalue weighted by Crippen LogP contribution is -2.33. The van der Waals surface area contributed by atoms with Crippen molar-refractivity contribution >= 4 is 17.3 Å². The molecule has 6 nitrogen and oxygen atoms in total. The number of nitrogens with zero attached hydrogens (tertiary/aromatic N) is 3. The maximum Gasteiger partial charge on any atom is 0.262 e. The minimum Gasteiger partial charge on any atom is -0.372 e. The topological polar surface area (TPSA) is 57.7 Å². The molecular weight excluding hydrogens is 400 g/mol. The van der Waals surface area contributed by atoms with Crippen LogP contribution in [0.1, 0.15) is 34.0 Å². The average Bonchev–Trinajstić information content (AvgIpc) is 2.96. The van der Waals surface area contributed by atoms with E-state index in [1.54, 1.807) is 12.4 Å². The van der Waals surface area contributed by atoms with E-state index in [9.17, 15) is 4.79 Å². The number of pyridine rings is 1. The molecule has 1 N–H and O–H groups in total. The summed E-state index contributed by atoms with van der Waals surface area (Å²) >= 11 is 0. The first-order chi connectivity index (χ1) is 15.7. The first kappa shape index (κ1) is 22.0. The fourth-order valence-electron chi connectivity index (χ4n) is 4.05. The van der Waals surface area contributed by atoms with Gasteiger partial charge in [-0.25, -0.2) is 0 Å². The zero-order chi connectivity index (χ0) is 22.3. The highest BCUT2D eigenvalue weighted by Crippen LogP contribution is 2.28. The molecule has 0 bridgehead atoms. The highest BCUT2D eigenvalue weighted by Gasteiger charge is 2.26. The smallest absolute Gasteiger partial charge is 0.262 e. The SMILES string of the molecule is CNCCC(OCc1cccc(N2CCN(C)c3ccncc3C2=O)c1)c1ccccc1. The molecule has 0 saturated heterocycles. The fraction of sp³-hybridized carbons (Fsp3) is 0.308. The molecule has 0 radical (unpaired) electrons. The van der Waals surface area contributed by atoms with E-state index in [1.807, 2.05) is 61.5 Å². The molecule has 1 amide bonds. The summed E-state index contributed by atoms with van der Waals surface area (Å²) in [5, 5.41) is 3.21. The molecule has 0 saturated carbocycles. The van der Waals surface area contributed by atoms with Crippen molar-refractivity contribution < 1.29 is 9.53 Å². The summed E-state index contributed by atoms with van der Waals surface area (Å²) in [6.45, 7) is 2.73. The summed E-state index contributed by atoms with van der Waals surface area (Å²) in [5.41, 5.74) is 4.65. The van der Waals surface area contributed by atoms with E-state index in [0.717, 1.165) is 36.4 Å². The number of fused-ring (bicyclic) bond motifs is 1. The van der Waals surface area contributed by atoms with Gasteiger partial charge in [0.2, 0.25) is 0 Å². The molecular formula is C26H30N4O2. The number of rotatable bonds is 8. The summed E-state index contributed by atoms with van der Waals surface area (Å²) in [4.78, 5) is 21.4. The van der Waals surface area contributed by atoms with Crippen LogP contribution in [0.4, 0.5) is 11.4 Å². The van der Waals surface area contributed by atoms with Crippen molar-refractivity contribution in [1.82, 2.24) is 10.3 Å². The summed E-state index contributed by atoms with van der Waals surface area (Å²) in [5.74, 6) is -0.0216. The van der Waals surface area contributed by atoms with E-state index >= 15 is 0 Å². The van der Waals surface area contributed by atoms with Crippen LogP contribution in [0, 0.1) is 0 Å². The Morgan fingerprint density at radius 3 is 2.75 bits per heavy atom. The van der Waals surface area contributed by atoms with Crippen molar-refractivity contribution in [3.05, 3.63) is 89.7 Å². The van der Waals surface area contributed by atoms with Crippen LogP contribution in [-0.2, 0) is 11.3 Å². The van der Waals surface area contributed by atoms with Crippen LogP contribution in [-0.4, -0.2) is 44.6 Å². The molecule has 1 aromatic heterocycles. The predicted molar refractivity (Wildman–Crippen MR) is 128 cm³/mol. The number of carbonyl (C=O) groups excluding carboxylic acids is 1. The molecule has 0 spiro atoms. The zero-order valence-electron chi connectivity index (χ0n) is 18.7. The second-order valence-electron chi connectivity index (χ2n) is 8.04.